The number of hydrogen-bond donors (Lipinski definition) is 1. The first-order valence-electron chi connectivity index (χ1n) is 5.40. The van der Waals surface area contributed by atoms with Crippen molar-refractivity contribution >= 4 is 10.9 Å². The van der Waals surface area contributed by atoms with E-state index in [4.69, 9.17) is 10.5 Å². The van der Waals surface area contributed by atoms with Gasteiger partial charge < -0.3 is 10.5 Å². The van der Waals surface area contributed by atoms with Gasteiger partial charge in [0, 0.05) is 31.3 Å². The maximum Gasteiger partial charge on any atom is 0.0702 e. The molecule has 0 saturated heterocycles. The molecule has 84 valence electrons. The standard InChI is InChI=1S/C13H16N2O/c1-16-7-6-12(14)11-8-10-4-2-3-5-13(10)15-9-11/h2-5,8-9,12H,6-7,14H2,1H3. The lowest BCUT2D eigenvalue weighted by molar-refractivity contribution is 0.188. The smallest absolute Gasteiger partial charge is 0.0702 e. The predicted molar refractivity (Wildman–Crippen MR) is 65.2 cm³/mol. The Kier molecular flexibility index (Phi) is 3.49. The highest BCUT2D eigenvalue weighted by atomic mass is 16.5. The Morgan fingerprint density at radius 1 is 1.38 bits per heavy atom. The van der Waals surface area contributed by atoms with Crippen LogP contribution in [-0.2, 0) is 4.74 Å². The van der Waals surface area contributed by atoms with Gasteiger partial charge in [0.2, 0.25) is 0 Å². The van der Waals surface area contributed by atoms with Crippen molar-refractivity contribution < 1.29 is 4.74 Å². The molecule has 0 spiro atoms. The molecule has 3 nitrogen and oxygen atoms in total. The van der Waals surface area contributed by atoms with E-state index in [0.29, 0.717) is 6.61 Å². The lowest BCUT2D eigenvalue weighted by Crippen LogP contribution is -2.12. The fourth-order valence-electron chi connectivity index (χ4n) is 1.70. The van der Waals surface area contributed by atoms with Gasteiger partial charge in [0.15, 0.2) is 0 Å². The van der Waals surface area contributed by atoms with Gasteiger partial charge in [0.25, 0.3) is 0 Å². The van der Waals surface area contributed by atoms with E-state index in [2.05, 4.69) is 17.1 Å². The van der Waals surface area contributed by atoms with Gasteiger partial charge in [-0.2, -0.15) is 0 Å². The van der Waals surface area contributed by atoms with E-state index in [1.807, 2.05) is 24.4 Å². The molecule has 1 atom stereocenters. The van der Waals surface area contributed by atoms with Crippen LogP contribution in [0.3, 0.4) is 0 Å². The van der Waals surface area contributed by atoms with E-state index in [-0.39, 0.29) is 6.04 Å². The van der Waals surface area contributed by atoms with Crippen molar-refractivity contribution in [2.75, 3.05) is 13.7 Å². The minimum Gasteiger partial charge on any atom is -0.385 e. The molecule has 16 heavy (non-hydrogen) atoms. The van der Waals surface area contributed by atoms with E-state index < -0.39 is 0 Å². The van der Waals surface area contributed by atoms with Crippen molar-refractivity contribution in [1.82, 2.24) is 4.98 Å². The average Bonchev–Trinajstić information content (AvgIpc) is 2.35. The molecular formula is C13H16N2O. The number of ether oxygens (including phenoxy) is 1. The number of fused-ring (bicyclic) bond motifs is 1. The zero-order valence-electron chi connectivity index (χ0n) is 9.39. The van der Waals surface area contributed by atoms with Crippen LogP contribution in [0.1, 0.15) is 18.0 Å². The molecule has 3 heteroatoms. The first kappa shape index (κ1) is 11.0. The molecule has 0 aliphatic heterocycles. The molecule has 2 N–H and O–H groups in total. The minimum absolute atomic E-state index is 0.00273. The number of aromatic nitrogens is 1. The quantitative estimate of drug-likeness (QED) is 0.852. The maximum absolute atomic E-state index is 6.05. The number of benzene rings is 1. The number of nitrogens with two attached hydrogens (primary N) is 1. The lowest BCUT2D eigenvalue weighted by atomic mass is 10.1. The highest BCUT2D eigenvalue weighted by molar-refractivity contribution is 5.78. The van der Waals surface area contributed by atoms with Crippen molar-refractivity contribution in [3.05, 3.63) is 42.1 Å². The summed E-state index contributed by atoms with van der Waals surface area (Å²) in [5, 5.41) is 1.13. The third kappa shape index (κ3) is 2.38. The van der Waals surface area contributed by atoms with Crippen LogP contribution in [-0.4, -0.2) is 18.7 Å². The van der Waals surface area contributed by atoms with Gasteiger partial charge in [-0.15, -0.1) is 0 Å². The third-order valence-corrected chi connectivity index (χ3v) is 2.67. The highest BCUT2D eigenvalue weighted by Gasteiger charge is 2.06. The second-order valence-corrected chi connectivity index (χ2v) is 3.85. The van der Waals surface area contributed by atoms with E-state index in [0.717, 1.165) is 22.9 Å². The number of hydrogen-bond acceptors (Lipinski definition) is 3. The summed E-state index contributed by atoms with van der Waals surface area (Å²) in [6, 6.07) is 10.1. The van der Waals surface area contributed by atoms with Crippen LogP contribution in [0.5, 0.6) is 0 Å². The third-order valence-electron chi connectivity index (χ3n) is 2.67. The normalized spacial score (nSPS) is 12.9. The fourth-order valence-corrected chi connectivity index (χ4v) is 1.70. The fraction of sp³-hybridized carbons (Fsp3) is 0.308. The Morgan fingerprint density at radius 2 is 2.19 bits per heavy atom. The van der Waals surface area contributed by atoms with Crippen molar-refractivity contribution in [2.45, 2.75) is 12.5 Å². The molecule has 0 aliphatic rings. The van der Waals surface area contributed by atoms with Crippen LogP contribution in [0.2, 0.25) is 0 Å². The van der Waals surface area contributed by atoms with E-state index >= 15 is 0 Å². The van der Waals surface area contributed by atoms with Gasteiger partial charge >= 0.3 is 0 Å². The van der Waals surface area contributed by atoms with Crippen molar-refractivity contribution in [1.29, 1.82) is 0 Å². The molecule has 0 saturated carbocycles. The number of pyridine rings is 1. The predicted octanol–water partition coefficient (Wildman–Crippen LogP) is 2.27. The minimum atomic E-state index is -0.00273. The van der Waals surface area contributed by atoms with Crippen molar-refractivity contribution in [3.63, 3.8) is 0 Å². The molecule has 0 aliphatic carbocycles. The van der Waals surface area contributed by atoms with Gasteiger partial charge in [0.05, 0.1) is 5.52 Å². The number of rotatable bonds is 4. The molecule has 1 unspecified atom stereocenters. The number of nitrogens with zero attached hydrogens (tertiary/aromatic N) is 1. The van der Waals surface area contributed by atoms with E-state index in [9.17, 15) is 0 Å². The Hall–Kier alpha value is -1.45. The Balaban J connectivity index is 2.25. The summed E-state index contributed by atoms with van der Waals surface area (Å²) in [5.41, 5.74) is 8.12. The summed E-state index contributed by atoms with van der Waals surface area (Å²) >= 11 is 0. The van der Waals surface area contributed by atoms with Crippen LogP contribution in [0.4, 0.5) is 0 Å². The molecule has 2 aromatic rings. The highest BCUT2D eigenvalue weighted by Crippen LogP contribution is 2.18. The van der Waals surface area contributed by atoms with Crippen LogP contribution >= 0.6 is 0 Å². The van der Waals surface area contributed by atoms with Gasteiger partial charge in [-0.3, -0.25) is 4.98 Å². The van der Waals surface area contributed by atoms with Crippen LogP contribution in [0.25, 0.3) is 10.9 Å². The molecular weight excluding hydrogens is 200 g/mol. The number of methoxy groups -OCH3 is 1. The largest absolute Gasteiger partial charge is 0.385 e. The molecule has 0 radical (unpaired) electrons. The molecule has 0 fully saturated rings. The summed E-state index contributed by atoms with van der Waals surface area (Å²) in [5.74, 6) is 0. The summed E-state index contributed by atoms with van der Waals surface area (Å²) in [6.45, 7) is 0.675. The van der Waals surface area contributed by atoms with Crippen molar-refractivity contribution in [2.24, 2.45) is 5.73 Å². The molecule has 1 aromatic heterocycles. The van der Waals surface area contributed by atoms with Gasteiger partial charge in [-0.05, 0) is 24.1 Å². The van der Waals surface area contributed by atoms with Gasteiger partial charge in [-0.25, -0.2) is 0 Å². The first-order chi connectivity index (χ1) is 7.81. The first-order valence-corrected chi connectivity index (χ1v) is 5.40. The monoisotopic (exact) mass is 216 g/mol. The molecule has 0 bridgehead atoms. The zero-order valence-corrected chi connectivity index (χ0v) is 9.39. The van der Waals surface area contributed by atoms with Gasteiger partial charge in [-0.1, -0.05) is 18.2 Å². The second kappa shape index (κ2) is 5.05. The zero-order chi connectivity index (χ0) is 11.4. The van der Waals surface area contributed by atoms with Crippen LogP contribution < -0.4 is 5.73 Å². The number of para-hydroxylation sites is 1. The van der Waals surface area contributed by atoms with Crippen molar-refractivity contribution in [3.8, 4) is 0 Å². The average molecular weight is 216 g/mol. The Labute approximate surface area is 95.2 Å². The van der Waals surface area contributed by atoms with E-state index in [1.165, 1.54) is 0 Å². The lowest BCUT2D eigenvalue weighted by Gasteiger charge is -2.11. The molecule has 0 amide bonds. The topological polar surface area (TPSA) is 48.1 Å². The summed E-state index contributed by atoms with van der Waals surface area (Å²) in [6.07, 6.45) is 2.67. The SMILES string of the molecule is COCCC(N)c1cnc2ccccc2c1. The van der Waals surface area contributed by atoms with Crippen LogP contribution in [0, 0.1) is 0 Å². The van der Waals surface area contributed by atoms with Gasteiger partial charge in [0.1, 0.15) is 0 Å². The second-order valence-electron chi connectivity index (χ2n) is 3.85. The molecule has 2 rings (SSSR count). The maximum atomic E-state index is 6.05. The Morgan fingerprint density at radius 3 is 3.00 bits per heavy atom. The summed E-state index contributed by atoms with van der Waals surface area (Å²) in [4.78, 5) is 4.39. The van der Waals surface area contributed by atoms with Crippen LogP contribution in [0.15, 0.2) is 36.5 Å². The summed E-state index contributed by atoms with van der Waals surface area (Å²) in [7, 11) is 1.69. The Bertz CT molecular complexity index is 470. The molecule has 1 heterocycles. The summed E-state index contributed by atoms with van der Waals surface area (Å²) < 4.78 is 5.02. The molecule has 1 aromatic carbocycles. The van der Waals surface area contributed by atoms with E-state index in [1.54, 1.807) is 7.11 Å².